The second kappa shape index (κ2) is 10.1. The zero-order valence-corrected chi connectivity index (χ0v) is 21.8. The molecule has 1 aliphatic rings. The molecule has 1 heterocycles. The first-order chi connectivity index (χ1) is 18.7. The number of carbonyl (C=O) groups excluding carboxylic acids is 1. The summed E-state index contributed by atoms with van der Waals surface area (Å²) >= 11 is 0. The van der Waals surface area contributed by atoms with Gasteiger partial charge < -0.3 is 21.5 Å². The summed E-state index contributed by atoms with van der Waals surface area (Å²) in [4.78, 5) is 25.1. The van der Waals surface area contributed by atoms with Gasteiger partial charge in [0.2, 0.25) is 5.91 Å². The minimum atomic E-state index is -1.07. The van der Waals surface area contributed by atoms with Crippen molar-refractivity contribution in [2.24, 2.45) is 5.73 Å². The molecule has 1 amide bonds. The van der Waals surface area contributed by atoms with Crippen LogP contribution < -0.4 is 16.4 Å². The molecule has 0 saturated heterocycles. The number of carboxylic acid groups (broad SMARTS) is 1. The van der Waals surface area contributed by atoms with E-state index in [1.54, 1.807) is 18.2 Å². The van der Waals surface area contributed by atoms with Gasteiger partial charge in [-0.15, -0.1) is 0 Å². The summed E-state index contributed by atoms with van der Waals surface area (Å²) in [5.41, 5.74) is 11.2. The van der Waals surface area contributed by atoms with Crippen LogP contribution in [0.5, 0.6) is 0 Å². The molecule has 0 fully saturated rings. The van der Waals surface area contributed by atoms with Crippen LogP contribution in [0, 0.1) is 5.41 Å². The summed E-state index contributed by atoms with van der Waals surface area (Å²) in [5.74, 6) is -1.38. The Labute approximate surface area is 227 Å². The van der Waals surface area contributed by atoms with Gasteiger partial charge in [-0.05, 0) is 52.9 Å². The van der Waals surface area contributed by atoms with E-state index in [4.69, 9.17) is 11.1 Å². The molecule has 196 valence electrons. The highest BCUT2D eigenvalue weighted by atomic mass is 16.4. The number of aromatic carboxylic acids is 1. The molecule has 2 unspecified atom stereocenters. The van der Waals surface area contributed by atoms with Crippen LogP contribution in [0.3, 0.4) is 0 Å². The summed E-state index contributed by atoms with van der Waals surface area (Å²) < 4.78 is 0. The number of hydrogen-bond acceptors (Lipinski definition) is 4. The maximum absolute atomic E-state index is 12.9. The smallest absolute Gasteiger partial charge is 0.336 e. The van der Waals surface area contributed by atoms with Gasteiger partial charge in [-0.3, -0.25) is 10.2 Å². The summed E-state index contributed by atoms with van der Waals surface area (Å²) in [6.07, 6.45) is 0.497. The Morgan fingerprint density at radius 1 is 1.00 bits per heavy atom. The van der Waals surface area contributed by atoms with Gasteiger partial charge in [0.15, 0.2) is 0 Å². The van der Waals surface area contributed by atoms with Gasteiger partial charge in [-0.1, -0.05) is 73.7 Å². The van der Waals surface area contributed by atoms with Gasteiger partial charge in [-0.25, -0.2) is 4.79 Å². The first-order valence-corrected chi connectivity index (χ1v) is 12.7. The zero-order chi connectivity index (χ0) is 27.7. The predicted molar refractivity (Wildman–Crippen MR) is 154 cm³/mol. The topological polar surface area (TPSA) is 128 Å². The molecule has 1 aliphatic heterocycles. The molecule has 0 spiro atoms. The van der Waals surface area contributed by atoms with Crippen LogP contribution in [0.1, 0.15) is 58.9 Å². The number of anilines is 2. The Morgan fingerprint density at radius 3 is 2.28 bits per heavy atom. The quantitative estimate of drug-likeness (QED) is 0.154. The van der Waals surface area contributed by atoms with E-state index in [9.17, 15) is 14.7 Å². The predicted octanol–water partition coefficient (Wildman–Crippen LogP) is 6.16. The van der Waals surface area contributed by atoms with Crippen molar-refractivity contribution in [1.82, 2.24) is 0 Å². The van der Waals surface area contributed by atoms with Crippen molar-refractivity contribution in [2.75, 3.05) is 10.6 Å². The van der Waals surface area contributed by atoms with Crippen molar-refractivity contribution in [1.29, 1.82) is 5.41 Å². The lowest BCUT2D eigenvalue weighted by Crippen LogP contribution is -2.36. The van der Waals surface area contributed by atoms with E-state index in [2.05, 4.69) is 29.7 Å². The molecule has 4 aromatic rings. The molecule has 0 saturated carbocycles. The Morgan fingerprint density at radius 2 is 1.67 bits per heavy atom. The third-order valence-electron chi connectivity index (χ3n) is 7.48. The molecule has 4 aromatic carbocycles. The van der Waals surface area contributed by atoms with Crippen molar-refractivity contribution in [2.45, 2.75) is 31.7 Å². The Kier molecular flexibility index (Phi) is 6.66. The van der Waals surface area contributed by atoms with E-state index < -0.39 is 17.4 Å². The van der Waals surface area contributed by atoms with Crippen molar-refractivity contribution >= 4 is 29.1 Å². The fraction of sp³-hybridized carbons (Fsp3) is 0.156. The van der Waals surface area contributed by atoms with Gasteiger partial charge in [0.1, 0.15) is 5.84 Å². The van der Waals surface area contributed by atoms with Gasteiger partial charge >= 0.3 is 5.97 Å². The molecule has 0 aliphatic carbocycles. The average Bonchev–Trinajstić information content (AvgIpc) is 2.93. The molecular formula is C32H30N4O3. The number of amides is 1. The highest BCUT2D eigenvalue weighted by Crippen LogP contribution is 2.50. The second-order valence-corrected chi connectivity index (χ2v) is 10.1. The van der Waals surface area contributed by atoms with E-state index in [1.807, 2.05) is 60.7 Å². The molecule has 0 bridgehead atoms. The normalized spacial score (nSPS) is 17.9. The number of carbonyl (C=O) groups is 2. The van der Waals surface area contributed by atoms with Crippen molar-refractivity contribution in [3.8, 4) is 11.1 Å². The Balaban J connectivity index is 1.77. The zero-order valence-electron chi connectivity index (χ0n) is 21.8. The van der Waals surface area contributed by atoms with Gasteiger partial charge in [0.05, 0.1) is 11.6 Å². The number of nitrogen functional groups attached to an aromatic ring is 1. The lowest BCUT2D eigenvalue weighted by molar-refractivity contribution is -0.114. The third kappa shape index (κ3) is 4.75. The van der Waals surface area contributed by atoms with E-state index in [1.165, 1.54) is 6.92 Å². The summed E-state index contributed by atoms with van der Waals surface area (Å²) in [6, 6.07) is 28.1. The lowest BCUT2D eigenvalue weighted by atomic mass is 9.67. The number of nitrogens with two attached hydrogens (primary N) is 1. The number of benzene rings is 4. The fourth-order valence-electron chi connectivity index (χ4n) is 5.67. The standard InChI is InChI=1S/C32H30N4O3/c1-19(37)35-26-16-14-23(20-9-5-3-6-10-20)28(31(38)39)29(26)27-18-32(2,22-11-7-4-8-12-22)24-17-21(30(33)34)13-15-25(24)36-27/h3-17,27,36H,18H2,1-2H3,(H3,33,34)(H,35,37)(H,38,39). The molecule has 6 N–H and O–H groups in total. The van der Waals surface area contributed by atoms with Crippen LogP contribution in [0.15, 0.2) is 91.0 Å². The monoisotopic (exact) mass is 518 g/mol. The number of hydrogen-bond donors (Lipinski definition) is 5. The first kappa shape index (κ1) is 25.7. The SMILES string of the molecule is CC(=O)Nc1ccc(-c2ccccc2)c(C(=O)O)c1C1CC(C)(c2ccccc2)c2cc(C(=N)N)ccc2N1. The van der Waals surface area contributed by atoms with Crippen molar-refractivity contribution in [3.05, 3.63) is 119 Å². The summed E-state index contributed by atoms with van der Waals surface area (Å²) in [7, 11) is 0. The highest BCUT2D eigenvalue weighted by Gasteiger charge is 2.41. The molecule has 2 atom stereocenters. The number of amidine groups is 1. The minimum absolute atomic E-state index is 0.0213. The first-order valence-electron chi connectivity index (χ1n) is 12.7. The van der Waals surface area contributed by atoms with Crippen LogP contribution in [0.2, 0.25) is 0 Å². The maximum atomic E-state index is 12.9. The van der Waals surface area contributed by atoms with Crippen LogP contribution in [-0.4, -0.2) is 22.8 Å². The van der Waals surface area contributed by atoms with Crippen LogP contribution >= 0.6 is 0 Å². The summed E-state index contributed by atoms with van der Waals surface area (Å²) in [5, 5.41) is 25.0. The van der Waals surface area contributed by atoms with Gasteiger partial charge in [0.25, 0.3) is 0 Å². The molecule has 0 radical (unpaired) electrons. The molecule has 7 heteroatoms. The maximum Gasteiger partial charge on any atom is 0.336 e. The molecule has 5 rings (SSSR count). The minimum Gasteiger partial charge on any atom is -0.478 e. The van der Waals surface area contributed by atoms with Crippen LogP contribution in [-0.2, 0) is 10.2 Å². The Hall–Kier alpha value is -4.91. The van der Waals surface area contributed by atoms with E-state index >= 15 is 0 Å². The Bertz CT molecular complexity index is 1580. The van der Waals surface area contributed by atoms with Gasteiger partial charge in [0, 0.05) is 34.8 Å². The van der Waals surface area contributed by atoms with E-state index in [-0.39, 0.29) is 17.3 Å². The molecule has 39 heavy (non-hydrogen) atoms. The number of nitrogens with one attached hydrogen (secondary N) is 3. The van der Waals surface area contributed by atoms with Crippen LogP contribution in [0.4, 0.5) is 11.4 Å². The molecule has 7 nitrogen and oxygen atoms in total. The largest absolute Gasteiger partial charge is 0.478 e. The second-order valence-electron chi connectivity index (χ2n) is 10.1. The number of carboxylic acids is 1. The number of rotatable bonds is 6. The van der Waals surface area contributed by atoms with Crippen LogP contribution in [0.25, 0.3) is 11.1 Å². The summed E-state index contributed by atoms with van der Waals surface area (Å²) in [6.45, 7) is 3.54. The average molecular weight is 519 g/mol. The van der Waals surface area contributed by atoms with Crippen molar-refractivity contribution in [3.63, 3.8) is 0 Å². The molecule has 0 aromatic heterocycles. The van der Waals surface area contributed by atoms with E-state index in [0.717, 1.165) is 22.4 Å². The highest BCUT2D eigenvalue weighted by molar-refractivity contribution is 6.02. The fourth-order valence-corrected chi connectivity index (χ4v) is 5.67. The third-order valence-corrected chi connectivity index (χ3v) is 7.48. The number of fused-ring (bicyclic) bond motifs is 1. The van der Waals surface area contributed by atoms with Gasteiger partial charge in [-0.2, -0.15) is 0 Å². The van der Waals surface area contributed by atoms with Crippen molar-refractivity contribution < 1.29 is 14.7 Å². The lowest BCUT2D eigenvalue weighted by Gasteiger charge is -2.43. The molecular weight excluding hydrogens is 488 g/mol. The van der Waals surface area contributed by atoms with E-state index in [0.29, 0.717) is 28.8 Å².